The average Bonchev–Trinajstić information content (AvgIpc) is 2.47. The van der Waals surface area contributed by atoms with Crippen molar-refractivity contribution in [1.82, 2.24) is 20.1 Å². The van der Waals surface area contributed by atoms with Crippen LogP contribution in [0, 0.1) is 5.82 Å². The van der Waals surface area contributed by atoms with Crippen LogP contribution in [0.5, 0.6) is 0 Å². The number of nitrogens with one attached hydrogen (secondary N) is 1. The van der Waals surface area contributed by atoms with Crippen molar-refractivity contribution in [3.63, 3.8) is 0 Å². The summed E-state index contributed by atoms with van der Waals surface area (Å²) in [5, 5.41) is 2.54. The van der Waals surface area contributed by atoms with Gasteiger partial charge in [0.25, 0.3) is 0 Å². The summed E-state index contributed by atoms with van der Waals surface area (Å²) >= 11 is 0. The number of piperazine rings is 1. The minimum atomic E-state index is -4.25. The van der Waals surface area contributed by atoms with Gasteiger partial charge in [0.1, 0.15) is 5.82 Å². The van der Waals surface area contributed by atoms with Crippen molar-refractivity contribution in [2.45, 2.75) is 25.7 Å². The third-order valence-electron chi connectivity index (χ3n) is 3.68. The van der Waals surface area contributed by atoms with Crippen LogP contribution in [0.4, 0.5) is 22.4 Å². The van der Waals surface area contributed by atoms with E-state index in [0.29, 0.717) is 0 Å². The Morgan fingerprint density at radius 2 is 2.17 bits per heavy atom. The Bertz CT molecular complexity index is 552. The Hall–Kier alpha value is -1.90. The number of amides is 2. The summed E-state index contributed by atoms with van der Waals surface area (Å²) < 4.78 is 50.7. The number of carbonyl (C=O) groups is 1. The van der Waals surface area contributed by atoms with Crippen molar-refractivity contribution in [3.8, 4) is 0 Å². The number of carbonyl (C=O) groups excluding carboxylic acids is 1. The van der Waals surface area contributed by atoms with Gasteiger partial charge >= 0.3 is 12.2 Å². The molecule has 128 valence electrons. The molecule has 1 atom stereocenters. The van der Waals surface area contributed by atoms with Crippen molar-refractivity contribution < 1.29 is 22.4 Å². The first-order chi connectivity index (χ1) is 10.8. The van der Waals surface area contributed by atoms with E-state index in [4.69, 9.17) is 0 Å². The second-order valence-corrected chi connectivity index (χ2v) is 5.47. The van der Waals surface area contributed by atoms with Crippen molar-refractivity contribution >= 4 is 6.03 Å². The van der Waals surface area contributed by atoms with Crippen molar-refractivity contribution in [3.05, 3.63) is 29.8 Å². The lowest BCUT2D eigenvalue weighted by atomic mass is 10.2. The summed E-state index contributed by atoms with van der Waals surface area (Å²) in [5.74, 6) is -0.517. The molecule has 1 aliphatic heterocycles. The lowest BCUT2D eigenvalue weighted by Crippen LogP contribution is -2.57. The molecule has 23 heavy (non-hydrogen) atoms. The SMILES string of the molecule is CC1CN(C(=O)NCc2ncccc2F)CCN1CC(F)(F)F. The molecule has 5 nitrogen and oxygen atoms in total. The summed E-state index contributed by atoms with van der Waals surface area (Å²) in [7, 11) is 0. The smallest absolute Gasteiger partial charge is 0.332 e. The number of hydrogen-bond donors (Lipinski definition) is 1. The maximum atomic E-state index is 13.4. The highest BCUT2D eigenvalue weighted by atomic mass is 19.4. The van der Waals surface area contributed by atoms with Crippen LogP contribution in [-0.2, 0) is 6.54 Å². The van der Waals surface area contributed by atoms with E-state index in [9.17, 15) is 22.4 Å². The molecule has 0 spiro atoms. The molecule has 1 N–H and O–H groups in total. The van der Waals surface area contributed by atoms with Gasteiger partial charge < -0.3 is 10.2 Å². The minimum absolute atomic E-state index is 0.0668. The fourth-order valence-corrected chi connectivity index (χ4v) is 2.46. The third-order valence-corrected chi connectivity index (χ3v) is 3.68. The normalized spacial score (nSPS) is 19.7. The van der Waals surface area contributed by atoms with Gasteiger partial charge in [-0.1, -0.05) is 0 Å². The number of urea groups is 1. The maximum Gasteiger partial charge on any atom is 0.401 e. The first kappa shape index (κ1) is 17.5. The standard InChI is InChI=1S/C14H18F4N4O/c1-10-8-21(5-6-22(10)9-14(16,17)18)13(23)20-7-12-11(15)3-2-4-19-12/h2-4,10H,5-9H2,1H3,(H,20,23). The number of halogens is 4. The molecule has 0 aromatic carbocycles. The van der Waals surface area contributed by atoms with Crippen LogP contribution in [0.25, 0.3) is 0 Å². The summed E-state index contributed by atoms with van der Waals surface area (Å²) in [6.45, 7) is 1.12. The highest BCUT2D eigenvalue weighted by Crippen LogP contribution is 2.20. The Morgan fingerprint density at radius 3 is 2.78 bits per heavy atom. The van der Waals surface area contributed by atoms with Gasteiger partial charge in [-0.15, -0.1) is 0 Å². The van der Waals surface area contributed by atoms with Crippen LogP contribution >= 0.6 is 0 Å². The monoisotopic (exact) mass is 334 g/mol. The van der Waals surface area contributed by atoms with Gasteiger partial charge in [0, 0.05) is 31.9 Å². The topological polar surface area (TPSA) is 48.5 Å². The molecule has 9 heteroatoms. The van der Waals surface area contributed by atoms with Crippen molar-refractivity contribution in [2.24, 2.45) is 0 Å². The highest BCUT2D eigenvalue weighted by molar-refractivity contribution is 5.74. The molecule has 1 aromatic heterocycles. The van der Waals surface area contributed by atoms with E-state index in [2.05, 4.69) is 10.3 Å². The number of nitrogens with zero attached hydrogens (tertiary/aromatic N) is 3. The molecule has 0 radical (unpaired) electrons. The van der Waals surface area contributed by atoms with Gasteiger partial charge in [0.05, 0.1) is 18.8 Å². The molecule has 1 unspecified atom stereocenters. The number of rotatable bonds is 3. The van der Waals surface area contributed by atoms with E-state index in [1.807, 2.05) is 0 Å². The Morgan fingerprint density at radius 1 is 1.43 bits per heavy atom. The predicted molar refractivity (Wildman–Crippen MR) is 75.1 cm³/mol. The van der Waals surface area contributed by atoms with E-state index in [1.165, 1.54) is 28.1 Å². The molecule has 1 saturated heterocycles. The van der Waals surface area contributed by atoms with Gasteiger partial charge in [-0.2, -0.15) is 13.2 Å². The van der Waals surface area contributed by atoms with Gasteiger partial charge in [0.2, 0.25) is 0 Å². The van der Waals surface area contributed by atoms with Crippen molar-refractivity contribution in [1.29, 1.82) is 0 Å². The molecule has 0 bridgehead atoms. The first-order valence-electron chi connectivity index (χ1n) is 7.19. The molecule has 2 heterocycles. The summed E-state index contributed by atoms with van der Waals surface area (Å²) in [4.78, 5) is 18.6. The van der Waals surface area contributed by atoms with Gasteiger partial charge in [-0.3, -0.25) is 9.88 Å². The van der Waals surface area contributed by atoms with Crippen LogP contribution in [0.1, 0.15) is 12.6 Å². The van der Waals surface area contributed by atoms with E-state index < -0.39 is 30.6 Å². The van der Waals surface area contributed by atoms with Crippen LogP contribution < -0.4 is 5.32 Å². The molecule has 1 aliphatic rings. The van der Waals surface area contributed by atoms with E-state index >= 15 is 0 Å². The summed E-state index contributed by atoms with van der Waals surface area (Å²) in [6.07, 6.45) is -2.84. The zero-order valence-corrected chi connectivity index (χ0v) is 12.6. The number of aromatic nitrogens is 1. The summed E-state index contributed by atoms with van der Waals surface area (Å²) in [6, 6.07) is 1.85. The second-order valence-electron chi connectivity index (χ2n) is 5.47. The first-order valence-corrected chi connectivity index (χ1v) is 7.19. The minimum Gasteiger partial charge on any atom is -0.332 e. The quantitative estimate of drug-likeness (QED) is 0.860. The molecule has 1 fully saturated rings. The predicted octanol–water partition coefficient (Wildman–Crippen LogP) is 2.00. The van der Waals surface area contributed by atoms with E-state index in [1.54, 1.807) is 6.92 Å². The Labute approximate surface area is 131 Å². The van der Waals surface area contributed by atoms with E-state index in [0.717, 1.165) is 0 Å². The van der Waals surface area contributed by atoms with E-state index in [-0.39, 0.29) is 31.9 Å². The average molecular weight is 334 g/mol. The van der Waals surface area contributed by atoms with Gasteiger partial charge in [-0.25, -0.2) is 9.18 Å². The van der Waals surface area contributed by atoms with Crippen LogP contribution in [0.15, 0.2) is 18.3 Å². The summed E-state index contributed by atoms with van der Waals surface area (Å²) in [5.41, 5.74) is 0.115. The lowest BCUT2D eigenvalue weighted by Gasteiger charge is -2.39. The molecule has 1 aromatic rings. The lowest BCUT2D eigenvalue weighted by molar-refractivity contribution is -0.153. The van der Waals surface area contributed by atoms with Crippen LogP contribution in [0.3, 0.4) is 0 Å². The Kier molecular flexibility index (Phi) is 5.40. The number of pyridine rings is 1. The van der Waals surface area contributed by atoms with Gasteiger partial charge in [0.15, 0.2) is 0 Å². The largest absolute Gasteiger partial charge is 0.401 e. The molecule has 0 aliphatic carbocycles. The molecular weight excluding hydrogens is 316 g/mol. The van der Waals surface area contributed by atoms with Crippen LogP contribution in [-0.4, -0.2) is 59.2 Å². The zero-order valence-electron chi connectivity index (χ0n) is 12.6. The fraction of sp³-hybridized carbons (Fsp3) is 0.571. The third kappa shape index (κ3) is 5.05. The molecule has 2 rings (SSSR count). The molecule has 2 amide bonds. The highest BCUT2D eigenvalue weighted by Gasteiger charge is 2.35. The Balaban J connectivity index is 1.84. The second kappa shape index (κ2) is 7.12. The van der Waals surface area contributed by atoms with Gasteiger partial charge in [-0.05, 0) is 19.1 Å². The molecule has 0 saturated carbocycles. The van der Waals surface area contributed by atoms with Crippen molar-refractivity contribution in [2.75, 3.05) is 26.2 Å². The fourth-order valence-electron chi connectivity index (χ4n) is 2.46. The maximum absolute atomic E-state index is 13.4. The zero-order chi connectivity index (χ0) is 17.0. The number of hydrogen-bond acceptors (Lipinski definition) is 3. The number of alkyl halides is 3. The molecular formula is C14H18F4N4O. The van der Waals surface area contributed by atoms with Crippen LogP contribution in [0.2, 0.25) is 0 Å².